The van der Waals surface area contributed by atoms with Crippen molar-refractivity contribution in [2.45, 2.75) is 12.0 Å². The third-order valence-corrected chi connectivity index (χ3v) is 5.52. The quantitative estimate of drug-likeness (QED) is 0.545. The van der Waals surface area contributed by atoms with Gasteiger partial charge in [-0.15, -0.1) is 0 Å². The average Bonchev–Trinajstić information content (AvgIpc) is 3.50. The molecule has 5 rings (SSSR count). The van der Waals surface area contributed by atoms with Gasteiger partial charge in [-0.2, -0.15) is 0 Å². The summed E-state index contributed by atoms with van der Waals surface area (Å²) in [6.45, 7) is 0.197. The number of nitrogens with two attached hydrogens (primary N) is 1. The Morgan fingerprint density at radius 2 is 1.76 bits per heavy atom. The van der Waals surface area contributed by atoms with Crippen LogP contribution >= 0.6 is 0 Å². The van der Waals surface area contributed by atoms with Crippen molar-refractivity contribution in [1.29, 1.82) is 0 Å². The molecular weight excluding hydrogens is 436 g/mol. The number of rotatable bonds is 5. The Labute approximate surface area is 185 Å². The zero-order valence-electron chi connectivity index (χ0n) is 16.9. The molecule has 4 N–H and O–H groups in total. The number of halogens is 2. The Kier molecular flexibility index (Phi) is 5.00. The summed E-state index contributed by atoms with van der Waals surface area (Å²) in [6, 6.07) is 7.28. The fraction of sp³-hybridized carbons (Fsp3) is 0.182. The van der Waals surface area contributed by atoms with Crippen LogP contribution in [0.4, 0.5) is 19.4 Å². The monoisotopic (exact) mass is 453 g/mol. The van der Waals surface area contributed by atoms with Gasteiger partial charge in [0.05, 0.1) is 19.0 Å². The number of pyridine rings is 2. The van der Waals surface area contributed by atoms with Crippen LogP contribution in [0, 0.1) is 17.6 Å². The molecule has 2 aliphatic rings. The first kappa shape index (κ1) is 20.6. The number of carbonyl (C=O) groups is 2. The first-order chi connectivity index (χ1) is 15.9. The standard InChI is InChI=1S/C22H17F2N5O4/c23-13-3-4-14(24)20-18(13)17-12(9-32-20)19(17)29-22(31)28-16-6-2-11(8-27-16)33-10-1-5-15(21(25)30)26-7-10/h1-8,12,17,19H,9H2,(H2,25,30)(H2,27,28,29,31). The third-order valence-electron chi connectivity index (χ3n) is 5.52. The van der Waals surface area contributed by atoms with Gasteiger partial charge in [-0.3, -0.25) is 10.1 Å². The minimum Gasteiger partial charge on any atom is -0.490 e. The van der Waals surface area contributed by atoms with Gasteiger partial charge in [0.2, 0.25) is 0 Å². The van der Waals surface area contributed by atoms with Gasteiger partial charge < -0.3 is 20.5 Å². The van der Waals surface area contributed by atoms with E-state index in [1.54, 1.807) is 12.1 Å². The molecule has 33 heavy (non-hydrogen) atoms. The highest BCUT2D eigenvalue weighted by Crippen LogP contribution is 2.55. The number of carbonyl (C=O) groups excluding carboxylic acids is 2. The van der Waals surface area contributed by atoms with E-state index in [0.29, 0.717) is 11.5 Å². The molecule has 1 saturated carbocycles. The molecule has 1 aliphatic heterocycles. The molecule has 1 aromatic carbocycles. The van der Waals surface area contributed by atoms with E-state index in [2.05, 4.69) is 20.6 Å². The van der Waals surface area contributed by atoms with Crippen LogP contribution in [0.3, 0.4) is 0 Å². The van der Waals surface area contributed by atoms with Crippen LogP contribution in [0.25, 0.3) is 0 Å². The maximum atomic E-state index is 14.2. The summed E-state index contributed by atoms with van der Waals surface area (Å²) in [7, 11) is 0. The van der Waals surface area contributed by atoms with Gasteiger partial charge in [0, 0.05) is 23.4 Å². The third kappa shape index (κ3) is 4.00. The zero-order valence-corrected chi connectivity index (χ0v) is 16.9. The SMILES string of the molecule is NC(=O)c1ccc(Oc2ccc(NC(=O)NC3C4COc5c(F)ccc(F)c5C43)nc2)cn1. The van der Waals surface area contributed by atoms with Gasteiger partial charge in [-0.05, 0) is 36.4 Å². The second-order valence-electron chi connectivity index (χ2n) is 7.62. The topological polar surface area (TPSA) is 128 Å². The smallest absolute Gasteiger partial charge is 0.320 e. The summed E-state index contributed by atoms with van der Waals surface area (Å²) < 4.78 is 39.1. The summed E-state index contributed by atoms with van der Waals surface area (Å²) in [5.74, 6) is -1.34. The van der Waals surface area contributed by atoms with Crippen molar-refractivity contribution in [3.05, 3.63) is 71.7 Å². The van der Waals surface area contributed by atoms with Crippen molar-refractivity contribution >= 4 is 17.8 Å². The Hall–Kier alpha value is -4.28. The number of amides is 3. The summed E-state index contributed by atoms with van der Waals surface area (Å²) >= 11 is 0. The van der Waals surface area contributed by atoms with Crippen LogP contribution in [0.2, 0.25) is 0 Å². The van der Waals surface area contributed by atoms with Crippen LogP contribution in [-0.2, 0) is 0 Å². The molecule has 3 aromatic rings. The van der Waals surface area contributed by atoms with Gasteiger partial charge in [0.1, 0.15) is 28.8 Å². The normalized spacial score (nSPS) is 20.0. The van der Waals surface area contributed by atoms with E-state index in [1.165, 1.54) is 24.5 Å². The minimum atomic E-state index is -0.642. The van der Waals surface area contributed by atoms with Crippen molar-refractivity contribution < 1.29 is 27.8 Å². The molecule has 1 aliphatic carbocycles. The highest BCUT2D eigenvalue weighted by Gasteiger charge is 2.57. The number of nitrogens with one attached hydrogen (secondary N) is 2. The zero-order chi connectivity index (χ0) is 23.1. The van der Waals surface area contributed by atoms with E-state index in [4.69, 9.17) is 15.2 Å². The van der Waals surface area contributed by atoms with Crippen LogP contribution < -0.4 is 25.8 Å². The Morgan fingerprint density at radius 3 is 2.42 bits per heavy atom. The van der Waals surface area contributed by atoms with Crippen LogP contribution in [0.15, 0.2) is 48.8 Å². The number of hydrogen-bond donors (Lipinski definition) is 3. The van der Waals surface area contributed by atoms with Gasteiger partial charge in [0.25, 0.3) is 5.91 Å². The molecule has 168 valence electrons. The predicted octanol–water partition coefficient (Wildman–Crippen LogP) is 2.94. The summed E-state index contributed by atoms with van der Waals surface area (Å²) in [4.78, 5) is 31.4. The average molecular weight is 453 g/mol. The highest BCUT2D eigenvalue weighted by atomic mass is 19.1. The van der Waals surface area contributed by atoms with Gasteiger partial charge in [0.15, 0.2) is 11.6 Å². The largest absolute Gasteiger partial charge is 0.490 e. The van der Waals surface area contributed by atoms with Gasteiger partial charge in [-0.1, -0.05) is 0 Å². The number of ether oxygens (including phenoxy) is 2. The van der Waals surface area contributed by atoms with E-state index >= 15 is 0 Å². The number of primary amides is 1. The fourth-order valence-electron chi connectivity index (χ4n) is 3.90. The van der Waals surface area contributed by atoms with Crippen molar-refractivity contribution in [1.82, 2.24) is 15.3 Å². The summed E-state index contributed by atoms with van der Waals surface area (Å²) in [5, 5.41) is 5.36. The van der Waals surface area contributed by atoms with Crippen molar-refractivity contribution in [3.8, 4) is 17.2 Å². The molecule has 3 unspecified atom stereocenters. The lowest BCUT2D eigenvalue weighted by Gasteiger charge is -2.16. The molecule has 2 aromatic heterocycles. The first-order valence-corrected chi connectivity index (χ1v) is 9.98. The Morgan fingerprint density at radius 1 is 1.03 bits per heavy atom. The first-order valence-electron chi connectivity index (χ1n) is 9.98. The number of benzene rings is 1. The Bertz CT molecular complexity index is 1240. The van der Waals surface area contributed by atoms with Crippen molar-refractivity contribution in [2.24, 2.45) is 11.7 Å². The van der Waals surface area contributed by atoms with Crippen LogP contribution in [-0.4, -0.2) is 34.6 Å². The second kappa shape index (κ2) is 8.01. The number of aromatic nitrogens is 2. The lowest BCUT2D eigenvalue weighted by molar-refractivity contribution is 0.0995. The van der Waals surface area contributed by atoms with E-state index in [0.717, 1.165) is 12.1 Å². The molecule has 0 radical (unpaired) electrons. The summed E-state index contributed by atoms with van der Waals surface area (Å²) in [5.41, 5.74) is 5.42. The lowest BCUT2D eigenvalue weighted by atomic mass is 10.0. The molecule has 0 saturated heterocycles. The number of nitrogens with zero attached hydrogens (tertiary/aromatic N) is 2. The number of hydrogen-bond acceptors (Lipinski definition) is 6. The molecular formula is C22H17F2N5O4. The fourth-order valence-corrected chi connectivity index (χ4v) is 3.90. The summed E-state index contributed by atoms with van der Waals surface area (Å²) in [6.07, 6.45) is 2.75. The minimum absolute atomic E-state index is 0.0855. The van der Waals surface area contributed by atoms with Crippen LogP contribution in [0.5, 0.6) is 17.2 Å². The number of anilines is 1. The van der Waals surface area contributed by atoms with Crippen molar-refractivity contribution in [3.63, 3.8) is 0 Å². The van der Waals surface area contributed by atoms with E-state index in [-0.39, 0.29) is 47.3 Å². The molecule has 3 atom stereocenters. The van der Waals surface area contributed by atoms with E-state index < -0.39 is 23.6 Å². The molecule has 0 spiro atoms. The number of urea groups is 1. The Balaban J connectivity index is 1.18. The van der Waals surface area contributed by atoms with Gasteiger partial charge in [-0.25, -0.2) is 23.5 Å². The molecule has 3 heterocycles. The maximum Gasteiger partial charge on any atom is 0.320 e. The van der Waals surface area contributed by atoms with Crippen LogP contribution in [0.1, 0.15) is 22.0 Å². The molecule has 9 nitrogen and oxygen atoms in total. The predicted molar refractivity (Wildman–Crippen MR) is 111 cm³/mol. The maximum absolute atomic E-state index is 14.2. The molecule has 11 heteroatoms. The lowest BCUT2D eigenvalue weighted by Crippen LogP contribution is -2.32. The second-order valence-corrected chi connectivity index (χ2v) is 7.62. The van der Waals surface area contributed by atoms with Gasteiger partial charge >= 0.3 is 6.03 Å². The van der Waals surface area contributed by atoms with E-state index in [1.807, 2.05) is 0 Å². The molecule has 0 bridgehead atoms. The van der Waals surface area contributed by atoms with E-state index in [9.17, 15) is 18.4 Å². The highest BCUT2D eigenvalue weighted by molar-refractivity contribution is 5.90. The molecule has 3 amide bonds. The number of fused-ring (bicyclic) bond motifs is 3. The molecule has 1 fully saturated rings. The van der Waals surface area contributed by atoms with Crippen molar-refractivity contribution in [2.75, 3.05) is 11.9 Å².